The van der Waals surface area contributed by atoms with Crippen LogP contribution in [-0.4, -0.2) is 23.7 Å². The van der Waals surface area contributed by atoms with Crippen molar-refractivity contribution in [1.29, 1.82) is 0 Å². The number of rotatable bonds is 3. The van der Waals surface area contributed by atoms with Gasteiger partial charge in [0.2, 0.25) is 0 Å². The third-order valence-electron chi connectivity index (χ3n) is 3.20. The zero-order valence-electron chi connectivity index (χ0n) is 9.54. The van der Waals surface area contributed by atoms with Crippen molar-refractivity contribution in [1.82, 2.24) is 5.32 Å². The van der Waals surface area contributed by atoms with Crippen LogP contribution < -0.4 is 5.32 Å². The topological polar surface area (TPSA) is 46.2 Å². The van der Waals surface area contributed by atoms with Gasteiger partial charge in [0.15, 0.2) is 11.6 Å². The minimum Gasteiger partial charge on any atom is -0.298 e. The van der Waals surface area contributed by atoms with Gasteiger partial charge in [0, 0.05) is 11.1 Å². The lowest BCUT2D eigenvalue weighted by molar-refractivity contribution is 0.0754. The highest BCUT2D eigenvalue weighted by molar-refractivity contribution is 6.32. The Labute approximate surface area is 94.9 Å². The van der Waals surface area contributed by atoms with Crippen LogP contribution in [0.1, 0.15) is 41.0 Å². The zero-order chi connectivity index (χ0) is 11.8. The van der Waals surface area contributed by atoms with Crippen molar-refractivity contribution < 1.29 is 9.59 Å². The van der Waals surface area contributed by atoms with Crippen molar-refractivity contribution in [3.8, 4) is 0 Å². The lowest BCUT2D eigenvalue weighted by atomic mass is 9.90. The Morgan fingerprint density at radius 3 is 1.94 bits per heavy atom. The van der Waals surface area contributed by atoms with E-state index in [1.54, 1.807) is 24.3 Å². The van der Waals surface area contributed by atoms with Gasteiger partial charge in [-0.2, -0.15) is 0 Å². The largest absolute Gasteiger partial charge is 0.298 e. The van der Waals surface area contributed by atoms with Crippen molar-refractivity contribution in [3.05, 3.63) is 35.4 Å². The Morgan fingerprint density at radius 1 is 1.06 bits per heavy atom. The predicted octanol–water partition coefficient (Wildman–Crippen LogP) is 1.82. The molecular formula is C13H15NO2. The fraction of sp³-hybridized carbons (Fsp3) is 0.385. The van der Waals surface area contributed by atoms with Gasteiger partial charge in [0.1, 0.15) is 5.54 Å². The van der Waals surface area contributed by atoms with Crippen molar-refractivity contribution in [2.75, 3.05) is 6.54 Å². The SMILES string of the molecule is CCNC1(CC)C(=O)c2ccccc2C1=O. The molecule has 16 heavy (non-hydrogen) atoms. The average Bonchev–Trinajstić information content (AvgIpc) is 2.53. The summed E-state index contributed by atoms with van der Waals surface area (Å²) in [5, 5.41) is 3.06. The van der Waals surface area contributed by atoms with Crippen molar-refractivity contribution in [2.45, 2.75) is 25.8 Å². The number of nitrogens with one attached hydrogen (secondary N) is 1. The summed E-state index contributed by atoms with van der Waals surface area (Å²) >= 11 is 0. The first-order valence-corrected chi connectivity index (χ1v) is 5.61. The Bertz CT molecular complexity index is 416. The fourth-order valence-corrected chi connectivity index (χ4v) is 2.35. The van der Waals surface area contributed by atoms with Crippen LogP contribution in [0.3, 0.4) is 0 Å². The van der Waals surface area contributed by atoms with Crippen LogP contribution >= 0.6 is 0 Å². The fourth-order valence-electron chi connectivity index (χ4n) is 2.35. The van der Waals surface area contributed by atoms with Gasteiger partial charge in [0.05, 0.1) is 0 Å². The summed E-state index contributed by atoms with van der Waals surface area (Å²) in [6.45, 7) is 4.38. The van der Waals surface area contributed by atoms with E-state index in [0.29, 0.717) is 24.1 Å². The molecule has 1 N–H and O–H groups in total. The number of hydrogen-bond acceptors (Lipinski definition) is 3. The van der Waals surface area contributed by atoms with Gasteiger partial charge in [-0.05, 0) is 13.0 Å². The molecule has 84 valence electrons. The van der Waals surface area contributed by atoms with Gasteiger partial charge in [0.25, 0.3) is 0 Å². The molecule has 0 saturated heterocycles. The van der Waals surface area contributed by atoms with Crippen LogP contribution in [0, 0.1) is 0 Å². The third-order valence-corrected chi connectivity index (χ3v) is 3.20. The number of benzene rings is 1. The number of fused-ring (bicyclic) bond motifs is 1. The molecule has 0 unspecified atom stereocenters. The second-order valence-corrected chi connectivity index (χ2v) is 3.99. The van der Waals surface area contributed by atoms with E-state index in [-0.39, 0.29) is 11.6 Å². The lowest BCUT2D eigenvalue weighted by Crippen LogP contribution is -2.53. The Hall–Kier alpha value is -1.48. The van der Waals surface area contributed by atoms with E-state index in [1.165, 1.54) is 0 Å². The molecule has 0 bridgehead atoms. The van der Waals surface area contributed by atoms with E-state index in [2.05, 4.69) is 5.32 Å². The van der Waals surface area contributed by atoms with Crippen LogP contribution in [0.15, 0.2) is 24.3 Å². The molecule has 1 aliphatic rings. The van der Waals surface area contributed by atoms with Crippen molar-refractivity contribution >= 4 is 11.6 Å². The molecule has 0 saturated carbocycles. The first-order chi connectivity index (χ1) is 7.67. The average molecular weight is 217 g/mol. The van der Waals surface area contributed by atoms with Crippen LogP contribution in [0.25, 0.3) is 0 Å². The molecule has 0 fully saturated rings. The molecule has 1 aliphatic carbocycles. The van der Waals surface area contributed by atoms with E-state index >= 15 is 0 Å². The van der Waals surface area contributed by atoms with Gasteiger partial charge < -0.3 is 0 Å². The first-order valence-electron chi connectivity index (χ1n) is 5.61. The number of hydrogen-bond donors (Lipinski definition) is 1. The van der Waals surface area contributed by atoms with Crippen LogP contribution in [0.2, 0.25) is 0 Å². The van der Waals surface area contributed by atoms with Gasteiger partial charge in [-0.25, -0.2) is 0 Å². The minimum absolute atomic E-state index is 0.0857. The normalized spacial score (nSPS) is 17.6. The molecule has 1 aromatic carbocycles. The zero-order valence-corrected chi connectivity index (χ0v) is 9.54. The molecular weight excluding hydrogens is 202 g/mol. The summed E-state index contributed by atoms with van der Waals surface area (Å²) in [5.74, 6) is -0.171. The van der Waals surface area contributed by atoms with E-state index in [4.69, 9.17) is 0 Å². The van der Waals surface area contributed by atoms with Crippen molar-refractivity contribution in [3.63, 3.8) is 0 Å². The Balaban J connectivity index is 2.56. The highest BCUT2D eigenvalue weighted by Gasteiger charge is 2.50. The number of carbonyl (C=O) groups excluding carboxylic acids is 2. The van der Waals surface area contributed by atoms with Gasteiger partial charge in [-0.3, -0.25) is 14.9 Å². The summed E-state index contributed by atoms with van der Waals surface area (Å²) in [4.78, 5) is 24.5. The Kier molecular flexibility index (Phi) is 2.64. The molecule has 3 nitrogen and oxygen atoms in total. The second-order valence-electron chi connectivity index (χ2n) is 3.99. The third kappa shape index (κ3) is 1.25. The van der Waals surface area contributed by atoms with E-state index in [1.807, 2.05) is 13.8 Å². The molecule has 0 aliphatic heterocycles. The molecule has 1 aromatic rings. The highest BCUT2D eigenvalue weighted by Crippen LogP contribution is 2.32. The number of ketones is 2. The second kappa shape index (κ2) is 3.83. The van der Waals surface area contributed by atoms with E-state index in [9.17, 15) is 9.59 Å². The molecule has 3 heteroatoms. The maximum Gasteiger partial charge on any atom is 0.191 e. The minimum atomic E-state index is -1.02. The van der Waals surface area contributed by atoms with Gasteiger partial charge in [-0.15, -0.1) is 0 Å². The summed E-state index contributed by atoms with van der Waals surface area (Å²) < 4.78 is 0. The molecule has 0 radical (unpaired) electrons. The molecule has 0 heterocycles. The maximum atomic E-state index is 12.3. The lowest BCUT2D eigenvalue weighted by Gasteiger charge is -2.24. The molecule has 0 atom stereocenters. The number of Topliss-reactive ketones (excluding diaryl/α,β-unsaturated/α-hetero) is 2. The quantitative estimate of drug-likeness (QED) is 0.785. The Morgan fingerprint density at radius 2 is 1.56 bits per heavy atom. The standard InChI is InChI=1S/C13H15NO2/c1-3-13(14-4-2)11(15)9-7-5-6-8-10(9)12(13)16/h5-8,14H,3-4H2,1-2H3. The molecule has 0 spiro atoms. The van der Waals surface area contributed by atoms with Gasteiger partial charge in [-0.1, -0.05) is 38.1 Å². The molecule has 0 aromatic heterocycles. The number of carbonyl (C=O) groups is 2. The molecule has 2 rings (SSSR count). The van der Waals surface area contributed by atoms with E-state index in [0.717, 1.165) is 0 Å². The summed E-state index contributed by atoms with van der Waals surface area (Å²) in [5.41, 5.74) is 0.0870. The predicted molar refractivity (Wildman–Crippen MR) is 61.8 cm³/mol. The van der Waals surface area contributed by atoms with Crippen molar-refractivity contribution in [2.24, 2.45) is 0 Å². The van der Waals surface area contributed by atoms with Crippen LogP contribution in [0.4, 0.5) is 0 Å². The van der Waals surface area contributed by atoms with Gasteiger partial charge >= 0.3 is 0 Å². The summed E-state index contributed by atoms with van der Waals surface area (Å²) in [6, 6.07) is 7.04. The highest BCUT2D eigenvalue weighted by atomic mass is 16.2. The number of likely N-dealkylation sites (N-methyl/N-ethyl adjacent to an activating group) is 1. The van der Waals surface area contributed by atoms with Crippen LogP contribution in [0.5, 0.6) is 0 Å². The van der Waals surface area contributed by atoms with Crippen LogP contribution in [-0.2, 0) is 0 Å². The maximum absolute atomic E-state index is 12.3. The summed E-state index contributed by atoms with van der Waals surface area (Å²) in [6.07, 6.45) is 0.493. The smallest absolute Gasteiger partial charge is 0.191 e. The monoisotopic (exact) mass is 217 g/mol. The first kappa shape index (κ1) is 11.0. The van der Waals surface area contributed by atoms with E-state index < -0.39 is 5.54 Å². The molecule has 0 amide bonds. The summed E-state index contributed by atoms with van der Waals surface area (Å²) in [7, 11) is 0.